The normalized spacial score (nSPS) is 11.8. The molecule has 1 atom stereocenters. The Labute approximate surface area is 159 Å². The van der Waals surface area contributed by atoms with Gasteiger partial charge < -0.3 is 15.4 Å². The van der Waals surface area contributed by atoms with E-state index in [2.05, 4.69) is 24.5 Å². The topological polar surface area (TPSA) is 67.4 Å². The van der Waals surface area contributed by atoms with Gasteiger partial charge in [-0.1, -0.05) is 62.4 Å². The molecule has 1 aromatic rings. The van der Waals surface area contributed by atoms with Crippen LogP contribution in [-0.2, 0) is 14.3 Å². The highest BCUT2D eigenvalue weighted by atomic mass is 35.5. The lowest BCUT2D eigenvalue weighted by Gasteiger charge is -2.15. The zero-order chi connectivity index (χ0) is 18.7. The van der Waals surface area contributed by atoms with Crippen LogP contribution in [0.1, 0.15) is 39.5 Å². The number of ether oxygens (including phenoxy) is 1. The molecule has 1 aromatic carbocycles. The minimum atomic E-state index is -0.397. The number of nitrogens with one attached hydrogen (secondary N) is 2. The largest absolute Gasteiger partial charge is 0.362 e. The molecule has 0 unspecified atom stereocenters. The van der Waals surface area contributed by atoms with Crippen LogP contribution in [0.5, 0.6) is 0 Å². The molecule has 0 saturated heterocycles. The second-order valence-corrected chi connectivity index (χ2v) is 6.65. The first kappa shape index (κ1) is 21.7. The summed E-state index contributed by atoms with van der Waals surface area (Å²) in [6, 6.07) is 4.95. The van der Waals surface area contributed by atoms with Gasteiger partial charge in [-0.05, 0) is 24.5 Å². The van der Waals surface area contributed by atoms with Crippen LogP contribution in [0.15, 0.2) is 18.2 Å². The van der Waals surface area contributed by atoms with Crippen molar-refractivity contribution < 1.29 is 14.3 Å². The van der Waals surface area contributed by atoms with Crippen molar-refractivity contribution in [3.63, 3.8) is 0 Å². The van der Waals surface area contributed by atoms with Crippen molar-refractivity contribution in [1.82, 2.24) is 5.32 Å². The van der Waals surface area contributed by atoms with Gasteiger partial charge in [0.1, 0.15) is 13.2 Å². The Morgan fingerprint density at radius 3 is 2.56 bits per heavy atom. The maximum Gasteiger partial charge on any atom is 0.250 e. The van der Waals surface area contributed by atoms with Gasteiger partial charge in [-0.3, -0.25) is 9.59 Å². The van der Waals surface area contributed by atoms with E-state index in [0.717, 1.165) is 25.7 Å². The van der Waals surface area contributed by atoms with Gasteiger partial charge in [0.25, 0.3) is 0 Å². The van der Waals surface area contributed by atoms with Crippen LogP contribution < -0.4 is 10.6 Å². The third-order valence-corrected chi connectivity index (χ3v) is 4.64. The zero-order valence-corrected chi connectivity index (χ0v) is 16.3. The average molecular weight is 389 g/mol. The van der Waals surface area contributed by atoms with Gasteiger partial charge in [-0.15, -0.1) is 0 Å². The fraction of sp³-hybridized carbons (Fsp3) is 0.556. The molecule has 0 radical (unpaired) electrons. The van der Waals surface area contributed by atoms with Crippen molar-refractivity contribution in [3.8, 4) is 0 Å². The van der Waals surface area contributed by atoms with Gasteiger partial charge in [0.05, 0.1) is 15.7 Å². The van der Waals surface area contributed by atoms with Crippen LogP contribution in [0.2, 0.25) is 10.0 Å². The summed E-state index contributed by atoms with van der Waals surface area (Å²) in [5.74, 6) is -0.132. The summed E-state index contributed by atoms with van der Waals surface area (Å²) in [5.41, 5.74) is 0.411. The van der Waals surface area contributed by atoms with E-state index in [1.54, 1.807) is 18.2 Å². The van der Waals surface area contributed by atoms with E-state index in [-0.39, 0.29) is 24.1 Å². The molecular weight excluding hydrogens is 363 g/mol. The van der Waals surface area contributed by atoms with Crippen molar-refractivity contribution in [2.24, 2.45) is 5.92 Å². The average Bonchev–Trinajstić information content (AvgIpc) is 2.59. The Balaban J connectivity index is 2.26. The Kier molecular flexibility index (Phi) is 10.5. The van der Waals surface area contributed by atoms with Gasteiger partial charge in [0.15, 0.2) is 0 Å². The third kappa shape index (κ3) is 8.56. The number of halogens is 2. The van der Waals surface area contributed by atoms with E-state index >= 15 is 0 Å². The molecule has 1 rings (SSSR count). The van der Waals surface area contributed by atoms with Crippen molar-refractivity contribution in [2.75, 3.05) is 25.1 Å². The molecule has 0 saturated carbocycles. The molecule has 0 aliphatic carbocycles. The molecular formula is C18H26Cl2N2O3. The van der Waals surface area contributed by atoms with Crippen molar-refractivity contribution in [3.05, 3.63) is 28.2 Å². The quantitative estimate of drug-likeness (QED) is 0.594. The number of carbonyl (C=O) groups is 2. The zero-order valence-electron chi connectivity index (χ0n) is 14.7. The first-order chi connectivity index (χ1) is 12.0. The number of rotatable bonds is 11. The van der Waals surface area contributed by atoms with E-state index in [4.69, 9.17) is 27.9 Å². The van der Waals surface area contributed by atoms with E-state index in [0.29, 0.717) is 23.2 Å². The summed E-state index contributed by atoms with van der Waals surface area (Å²) < 4.78 is 5.15. The molecule has 0 heterocycles. The Hall–Kier alpha value is -1.30. The molecule has 25 heavy (non-hydrogen) atoms. The Morgan fingerprint density at radius 1 is 1.16 bits per heavy atom. The van der Waals surface area contributed by atoms with Gasteiger partial charge in [-0.25, -0.2) is 0 Å². The molecule has 0 aromatic heterocycles. The summed E-state index contributed by atoms with van der Waals surface area (Å²) in [7, 11) is 0. The van der Waals surface area contributed by atoms with Crippen LogP contribution >= 0.6 is 23.2 Å². The molecule has 2 amide bonds. The fourth-order valence-corrected chi connectivity index (χ4v) is 2.62. The molecule has 0 bridgehead atoms. The second kappa shape index (κ2) is 12.1. The van der Waals surface area contributed by atoms with Crippen molar-refractivity contribution in [2.45, 2.75) is 39.5 Å². The minimum Gasteiger partial charge on any atom is -0.362 e. The Morgan fingerprint density at radius 2 is 1.88 bits per heavy atom. The second-order valence-electron chi connectivity index (χ2n) is 5.86. The van der Waals surface area contributed by atoms with Crippen LogP contribution in [0.4, 0.5) is 5.69 Å². The molecule has 2 N–H and O–H groups in total. The predicted octanol–water partition coefficient (Wildman–Crippen LogP) is 4.28. The van der Waals surface area contributed by atoms with Gasteiger partial charge >= 0.3 is 0 Å². The number of unbranched alkanes of at least 4 members (excludes halogenated alkanes) is 1. The molecule has 140 valence electrons. The smallest absolute Gasteiger partial charge is 0.250 e. The molecule has 0 fully saturated rings. The minimum absolute atomic E-state index is 0.152. The highest BCUT2D eigenvalue weighted by molar-refractivity contribution is 6.43. The summed E-state index contributed by atoms with van der Waals surface area (Å²) in [6.45, 7) is 4.53. The summed E-state index contributed by atoms with van der Waals surface area (Å²) in [5, 5.41) is 6.07. The van der Waals surface area contributed by atoms with Crippen LogP contribution in [0.3, 0.4) is 0 Å². The fourth-order valence-electron chi connectivity index (χ4n) is 2.28. The SMILES string of the molecule is CCCC[C@@H](CC)CNC(=O)COCC(=O)Nc1cccc(Cl)c1Cl. The van der Waals surface area contributed by atoms with E-state index in [9.17, 15) is 9.59 Å². The third-order valence-electron chi connectivity index (χ3n) is 3.82. The molecule has 0 spiro atoms. The first-order valence-electron chi connectivity index (χ1n) is 8.56. The van der Waals surface area contributed by atoms with Crippen molar-refractivity contribution >= 4 is 40.7 Å². The van der Waals surface area contributed by atoms with Crippen LogP contribution in [-0.4, -0.2) is 31.6 Å². The lowest BCUT2D eigenvalue weighted by molar-refractivity contribution is -0.128. The molecule has 5 nitrogen and oxygen atoms in total. The maximum atomic E-state index is 11.8. The van der Waals surface area contributed by atoms with Crippen molar-refractivity contribution in [1.29, 1.82) is 0 Å². The highest BCUT2D eigenvalue weighted by Gasteiger charge is 2.11. The number of benzene rings is 1. The Bertz CT molecular complexity index is 567. The number of hydrogen-bond donors (Lipinski definition) is 2. The highest BCUT2D eigenvalue weighted by Crippen LogP contribution is 2.29. The van der Waals surface area contributed by atoms with Crippen LogP contribution in [0.25, 0.3) is 0 Å². The predicted molar refractivity (Wildman–Crippen MR) is 102 cm³/mol. The number of amides is 2. The standard InChI is InChI=1S/C18H26Cl2N2O3/c1-3-5-7-13(4-2)10-21-16(23)11-25-12-17(24)22-15-9-6-8-14(19)18(15)20/h6,8-9,13H,3-5,7,10-12H2,1-2H3,(H,21,23)(H,22,24)/t13-/m1/s1. The lowest BCUT2D eigenvalue weighted by Crippen LogP contribution is -2.33. The van der Waals surface area contributed by atoms with E-state index in [1.807, 2.05) is 0 Å². The summed E-state index contributed by atoms with van der Waals surface area (Å²) in [6.07, 6.45) is 4.46. The molecule has 7 heteroatoms. The molecule has 0 aliphatic rings. The van der Waals surface area contributed by atoms with Crippen LogP contribution in [0, 0.1) is 5.92 Å². The monoisotopic (exact) mass is 388 g/mol. The lowest BCUT2D eigenvalue weighted by atomic mass is 9.99. The maximum absolute atomic E-state index is 11.8. The summed E-state index contributed by atoms with van der Waals surface area (Å²) in [4.78, 5) is 23.6. The number of hydrogen-bond acceptors (Lipinski definition) is 3. The van der Waals surface area contributed by atoms with Gasteiger partial charge in [-0.2, -0.15) is 0 Å². The first-order valence-corrected chi connectivity index (χ1v) is 9.31. The molecule has 0 aliphatic heterocycles. The van der Waals surface area contributed by atoms with Gasteiger partial charge in [0.2, 0.25) is 11.8 Å². The summed E-state index contributed by atoms with van der Waals surface area (Å²) >= 11 is 11.9. The number of carbonyl (C=O) groups excluding carboxylic acids is 2. The number of anilines is 1. The van der Waals surface area contributed by atoms with E-state index < -0.39 is 5.91 Å². The van der Waals surface area contributed by atoms with E-state index in [1.165, 1.54) is 0 Å². The van der Waals surface area contributed by atoms with Gasteiger partial charge in [0, 0.05) is 6.54 Å².